The molecule has 0 aliphatic carbocycles. The Hall–Kier alpha value is -9.48. The average molecular weight is 1260 g/mol. The molecule has 0 radical (unpaired) electrons. The van der Waals surface area contributed by atoms with Crippen LogP contribution >= 0.6 is 0 Å². The summed E-state index contributed by atoms with van der Waals surface area (Å²) in [6.07, 6.45) is 0.843. The first kappa shape index (κ1) is 79.5. The highest BCUT2D eigenvalue weighted by Crippen LogP contribution is 2.22. The molecule has 0 aliphatic heterocycles. The van der Waals surface area contributed by atoms with Gasteiger partial charge in [0.25, 0.3) is 0 Å². The number of carbonyl (C=O) groups is 8. The maximum Gasteiger partial charge on any atom is 0.240 e. The molecule has 0 aromatic heterocycles. The lowest BCUT2D eigenvalue weighted by atomic mass is 9.88. The van der Waals surface area contributed by atoms with E-state index >= 15 is 0 Å². The van der Waals surface area contributed by atoms with Crippen LogP contribution in [0.3, 0.4) is 0 Å². The van der Waals surface area contributed by atoms with Gasteiger partial charge in [0.15, 0.2) is 65.0 Å². The van der Waals surface area contributed by atoms with Crippen LogP contribution in [0.2, 0.25) is 0 Å². The number of guanidine groups is 8. The Kier molecular flexibility index (Phi) is 40.9. The van der Waals surface area contributed by atoms with E-state index in [4.69, 9.17) is 97.5 Å². The van der Waals surface area contributed by atoms with Crippen molar-refractivity contribution in [2.45, 2.75) is 153 Å². The minimum Gasteiger partial charge on any atom is -0.370 e. The van der Waals surface area contributed by atoms with Crippen LogP contribution in [0.5, 0.6) is 0 Å². The summed E-state index contributed by atoms with van der Waals surface area (Å²) in [7, 11) is 0. The van der Waals surface area contributed by atoms with Crippen LogP contribution in [0.25, 0.3) is 0 Å². The van der Waals surface area contributed by atoms with Crippen molar-refractivity contribution in [1.29, 1.82) is 0 Å². The predicted molar refractivity (Wildman–Crippen MR) is 345 cm³/mol. The Bertz CT molecular complexity index is 2470. The second-order valence-electron chi connectivity index (χ2n) is 21.2. The van der Waals surface area contributed by atoms with E-state index < -0.39 is 114 Å². The highest BCUT2D eigenvalue weighted by Gasteiger charge is 2.35. The maximum absolute atomic E-state index is 14.8. The summed E-state index contributed by atoms with van der Waals surface area (Å²) in [4.78, 5) is 145. The van der Waals surface area contributed by atoms with E-state index in [1.54, 1.807) is 6.92 Å². The van der Waals surface area contributed by atoms with Gasteiger partial charge < -0.3 is 119 Å². The van der Waals surface area contributed by atoms with Crippen molar-refractivity contribution in [3.8, 4) is 0 Å². The number of ketones is 3. The van der Waals surface area contributed by atoms with E-state index in [2.05, 4.69) is 61.2 Å². The molecule has 0 saturated heterocycles. The molecule has 0 fully saturated rings. The third kappa shape index (κ3) is 40.5. The van der Waals surface area contributed by atoms with Gasteiger partial charge in [0.2, 0.25) is 29.5 Å². The number of amides is 5. The smallest absolute Gasteiger partial charge is 0.240 e. The van der Waals surface area contributed by atoms with E-state index in [0.717, 1.165) is 0 Å². The fraction of sp³-hybridized carbons (Fsp3) is 0.692. The van der Waals surface area contributed by atoms with Gasteiger partial charge in [-0.05, 0) is 103 Å². The summed E-state index contributed by atoms with van der Waals surface area (Å²) < 4.78 is 0. The summed E-state index contributed by atoms with van der Waals surface area (Å²) in [5.41, 5.74) is 94.3. The van der Waals surface area contributed by atoms with Crippen LogP contribution in [0.1, 0.15) is 129 Å². The molecule has 504 valence electrons. The number of nitrogens with one attached hydrogen (secondary N) is 4. The first-order chi connectivity index (χ1) is 41.9. The number of hydrogen-bond acceptors (Lipinski definition) is 16. The largest absolute Gasteiger partial charge is 0.370 e. The van der Waals surface area contributed by atoms with E-state index in [0.29, 0.717) is 12.8 Å². The van der Waals surface area contributed by atoms with E-state index in [1.807, 2.05) is 0 Å². The van der Waals surface area contributed by atoms with Crippen LogP contribution < -0.4 is 119 Å². The summed E-state index contributed by atoms with van der Waals surface area (Å²) >= 11 is 0. The van der Waals surface area contributed by atoms with Gasteiger partial charge in [-0.3, -0.25) is 78.3 Å². The number of Topliss-reactive ketones (excluding diaryl/α,β-unsaturated/α-hetero) is 3. The summed E-state index contributed by atoms with van der Waals surface area (Å²) in [5.74, 6) is -10.9. The molecule has 37 heteroatoms. The zero-order chi connectivity index (χ0) is 67.4. The van der Waals surface area contributed by atoms with Crippen LogP contribution in [0, 0.1) is 23.7 Å². The van der Waals surface area contributed by atoms with Crippen molar-refractivity contribution in [2.75, 3.05) is 52.4 Å². The number of aliphatic imine (C=N–C) groups is 8. The molecule has 0 aromatic rings. The average Bonchev–Trinajstić information content (AvgIpc) is 2.21. The van der Waals surface area contributed by atoms with Crippen molar-refractivity contribution < 1.29 is 38.4 Å². The second-order valence-corrected chi connectivity index (χ2v) is 21.2. The lowest BCUT2D eigenvalue weighted by Crippen LogP contribution is -2.49. The minimum absolute atomic E-state index is 0.0261. The molecule has 0 heterocycles. The number of primary amides is 1. The van der Waals surface area contributed by atoms with Gasteiger partial charge in [-0.15, -0.1) is 0 Å². The number of nitrogens with zero attached hydrogens (tertiary/aromatic N) is 8. The van der Waals surface area contributed by atoms with E-state index in [-0.39, 0.29) is 190 Å². The topological polar surface area (TPSA) is 726 Å². The van der Waals surface area contributed by atoms with Gasteiger partial charge in [-0.1, -0.05) is 6.92 Å². The maximum atomic E-state index is 14.8. The highest BCUT2D eigenvalue weighted by molar-refractivity contribution is 5.97. The number of hydrogen-bond donors (Lipinski definition) is 21. The predicted octanol–water partition coefficient (Wildman–Crippen LogP) is -7.80. The Morgan fingerprint density at radius 3 is 0.685 bits per heavy atom. The van der Waals surface area contributed by atoms with Crippen molar-refractivity contribution >= 4 is 94.6 Å². The molecular weight excluding hydrogens is 1160 g/mol. The van der Waals surface area contributed by atoms with Gasteiger partial charge >= 0.3 is 0 Å². The Balaban J connectivity index is 7.48. The standard InChI is InChI=1S/C52H103N29O8/c1-29(10-2-18-70-45(54)55)41(86)78-33(14-6-22-74-49(62)63)37(82)26-30(11-3-19-71-46(56)57)42(87)79-34(15-7-23-75-50(64)65)38(83)27-31(12-4-20-72-47(58)59)43(88)80-35(16-8-24-76-51(66)67)39(84)28-32(13-5-21-73-48(60)61)44(89)81-36(40(53)85)17-9-25-77-52(68)69/h29-36H,2-28H2,1H3,(H2,53,85)(H,78,86)(H,79,87)(H,80,88)(H,81,89)(H4,54,55,70)(H4,56,57,71)(H4,58,59,72)(H4,60,61,73)(H4,62,63,74)(H4,64,65,75)(H4,66,67,76)(H4,68,69,77). The molecule has 37 nitrogen and oxygen atoms in total. The molecule has 38 N–H and O–H groups in total. The van der Waals surface area contributed by atoms with Crippen molar-refractivity contribution in [3.05, 3.63) is 0 Å². The zero-order valence-electron chi connectivity index (χ0n) is 51.4. The first-order valence-electron chi connectivity index (χ1n) is 29.5. The van der Waals surface area contributed by atoms with Crippen molar-refractivity contribution in [2.24, 2.45) is 161 Å². The summed E-state index contributed by atoms with van der Waals surface area (Å²) in [5, 5.41) is 11.0. The van der Waals surface area contributed by atoms with Crippen LogP contribution in [0.15, 0.2) is 39.9 Å². The fourth-order valence-corrected chi connectivity index (χ4v) is 8.93. The molecule has 0 saturated carbocycles. The SMILES string of the molecule is CC(CCCN=C(N)N)C(=O)NC(CCCN=C(N)N)C(=O)CC(CCCN=C(N)N)C(=O)NC(CCCN=C(N)N)C(=O)CC(CCCN=C(N)N)C(=O)NC(CCCN=C(N)N)C(=O)CC(CCCN=C(N)N)C(=O)NC(CCCN=C(N)N)C(N)=O. The molecule has 8 atom stereocenters. The molecule has 0 spiro atoms. The lowest BCUT2D eigenvalue weighted by molar-refractivity contribution is -0.136. The van der Waals surface area contributed by atoms with E-state index in [1.165, 1.54) is 0 Å². The molecule has 0 aliphatic rings. The summed E-state index contributed by atoms with van der Waals surface area (Å²) in [6.45, 7) is 2.44. The Morgan fingerprint density at radius 1 is 0.270 bits per heavy atom. The molecule has 8 unspecified atom stereocenters. The quantitative estimate of drug-likeness (QED) is 0.0153. The number of nitrogens with two attached hydrogens (primary N) is 17. The van der Waals surface area contributed by atoms with Gasteiger partial charge in [-0.2, -0.15) is 0 Å². The Labute approximate surface area is 519 Å². The zero-order valence-corrected chi connectivity index (χ0v) is 51.4. The van der Waals surface area contributed by atoms with Crippen LogP contribution in [-0.2, 0) is 38.4 Å². The fourth-order valence-electron chi connectivity index (χ4n) is 8.93. The molecule has 0 bridgehead atoms. The third-order valence-electron chi connectivity index (χ3n) is 13.6. The monoisotopic (exact) mass is 1260 g/mol. The van der Waals surface area contributed by atoms with Gasteiger partial charge in [0, 0.05) is 95.3 Å². The van der Waals surface area contributed by atoms with Gasteiger partial charge in [0.1, 0.15) is 6.04 Å². The van der Waals surface area contributed by atoms with Crippen molar-refractivity contribution in [3.63, 3.8) is 0 Å². The summed E-state index contributed by atoms with van der Waals surface area (Å²) in [6, 6.07) is -4.91. The first-order valence-corrected chi connectivity index (χ1v) is 29.5. The minimum atomic E-state index is -1.32. The number of rotatable bonds is 50. The molecular formula is C52H103N29O8. The van der Waals surface area contributed by atoms with Gasteiger partial charge in [0.05, 0.1) is 18.1 Å². The third-order valence-corrected chi connectivity index (χ3v) is 13.6. The highest BCUT2D eigenvalue weighted by atomic mass is 16.2. The number of carbonyl (C=O) groups excluding carboxylic acids is 8. The second kappa shape index (κ2) is 45.8. The molecule has 0 aromatic carbocycles. The van der Waals surface area contributed by atoms with E-state index in [9.17, 15) is 38.4 Å². The van der Waals surface area contributed by atoms with Crippen LogP contribution in [-0.4, -0.2) is 171 Å². The van der Waals surface area contributed by atoms with Crippen LogP contribution in [0.4, 0.5) is 0 Å². The molecule has 0 rings (SSSR count). The lowest BCUT2D eigenvalue weighted by Gasteiger charge is -2.26. The normalized spacial score (nSPS) is 13.4. The van der Waals surface area contributed by atoms with Gasteiger partial charge in [-0.25, -0.2) is 0 Å². The molecule has 89 heavy (non-hydrogen) atoms. The van der Waals surface area contributed by atoms with Crippen molar-refractivity contribution in [1.82, 2.24) is 21.3 Å². The Morgan fingerprint density at radius 2 is 0.461 bits per heavy atom. The molecule has 5 amide bonds.